The van der Waals surface area contributed by atoms with Gasteiger partial charge in [-0.25, -0.2) is 4.79 Å². The van der Waals surface area contributed by atoms with Crippen LogP contribution in [0.1, 0.15) is 28.8 Å². The summed E-state index contributed by atoms with van der Waals surface area (Å²) in [7, 11) is 0. The molecule has 0 aromatic heterocycles. The Balaban J connectivity index is 1.41. The molecule has 2 aliphatic carbocycles. The Kier molecular flexibility index (Phi) is 4.28. The molecular weight excluding hydrogens is 386 g/mol. The van der Waals surface area contributed by atoms with Crippen molar-refractivity contribution in [1.29, 1.82) is 0 Å². The third kappa shape index (κ3) is 2.81. The highest BCUT2D eigenvalue weighted by Gasteiger charge is 2.64. The normalized spacial score (nSPS) is 30.1. The van der Waals surface area contributed by atoms with E-state index in [1.165, 1.54) is 4.90 Å². The van der Waals surface area contributed by atoms with Crippen LogP contribution in [-0.4, -0.2) is 28.1 Å². The summed E-state index contributed by atoms with van der Waals surface area (Å²) < 4.78 is 0. The maximum Gasteiger partial charge on any atom is 0.336 e. The molecule has 5 atom stereocenters. The molecule has 2 aromatic carbocycles. The van der Waals surface area contributed by atoms with Gasteiger partial charge in [-0.2, -0.15) is 0 Å². The lowest BCUT2D eigenvalue weighted by Crippen LogP contribution is -2.33. The van der Waals surface area contributed by atoms with Gasteiger partial charge in [0.25, 0.3) is 0 Å². The van der Waals surface area contributed by atoms with Gasteiger partial charge < -0.3 is 5.11 Å². The van der Waals surface area contributed by atoms with Gasteiger partial charge in [0.15, 0.2) is 0 Å². The van der Waals surface area contributed by atoms with E-state index in [9.17, 15) is 19.5 Å². The summed E-state index contributed by atoms with van der Waals surface area (Å²) in [4.78, 5) is 40.0. The van der Waals surface area contributed by atoms with Crippen LogP contribution in [0.5, 0.6) is 0 Å². The van der Waals surface area contributed by atoms with E-state index < -0.39 is 5.97 Å². The van der Waals surface area contributed by atoms with Gasteiger partial charge in [-0.05, 0) is 55.9 Å². The number of aryl methyl sites for hydroxylation is 1. The lowest BCUT2D eigenvalue weighted by Gasteiger charge is -2.28. The Bertz CT molecular complexity index is 1020. The van der Waals surface area contributed by atoms with Crippen molar-refractivity contribution >= 4 is 35.2 Å². The van der Waals surface area contributed by atoms with Gasteiger partial charge in [0.2, 0.25) is 11.8 Å². The van der Waals surface area contributed by atoms with Crippen molar-refractivity contribution in [3.63, 3.8) is 0 Å². The maximum atomic E-state index is 13.2. The summed E-state index contributed by atoms with van der Waals surface area (Å²) in [5.74, 6) is -1.28. The van der Waals surface area contributed by atoms with E-state index in [2.05, 4.69) is 0 Å². The van der Waals surface area contributed by atoms with Crippen molar-refractivity contribution < 1.29 is 19.5 Å². The highest BCUT2D eigenvalue weighted by atomic mass is 32.2. The van der Waals surface area contributed by atoms with Crippen LogP contribution >= 0.6 is 11.8 Å². The fraction of sp³-hybridized carbons (Fsp3) is 0.348. The molecule has 6 heteroatoms. The summed E-state index contributed by atoms with van der Waals surface area (Å²) >= 11 is 1.56. The first-order valence-corrected chi connectivity index (χ1v) is 10.8. The van der Waals surface area contributed by atoms with Crippen molar-refractivity contribution in [2.45, 2.75) is 29.9 Å². The average molecular weight is 407 g/mol. The second-order valence-electron chi connectivity index (χ2n) is 8.25. The number of aromatic carboxylic acids is 1. The van der Waals surface area contributed by atoms with Gasteiger partial charge in [-0.1, -0.05) is 29.8 Å². The Morgan fingerprint density at radius 2 is 1.69 bits per heavy atom. The minimum Gasteiger partial charge on any atom is -0.478 e. The number of hydrogen-bond acceptors (Lipinski definition) is 4. The SMILES string of the molecule is Cc1ccc(N2C(=O)[C@H]3[C@@H]4C[C@@H]([C@@H]3C2=O)[C@H](Sc2ccccc2C(=O)O)C4)cc1. The minimum atomic E-state index is -0.938. The topological polar surface area (TPSA) is 74.7 Å². The molecule has 5 nitrogen and oxygen atoms in total. The summed E-state index contributed by atoms with van der Waals surface area (Å²) in [5, 5.41) is 9.62. The zero-order valence-electron chi connectivity index (χ0n) is 15.9. The number of fused-ring (bicyclic) bond motifs is 5. The van der Waals surface area contributed by atoms with Crippen LogP contribution in [0.3, 0.4) is 0 Å². The fourth-order valence-electron chi connectivity index (χ4n) is 5.39. The van der Waals surface area contributed by atoms with Crippen molar-refractivity contribution in [1.82, 2.24) is 0 Å². The second-order valence-corrected chi connectivity index (χ2v) is 9.53. The first-order valence-electron chi connectivity index (χ1n) is 9.89. The van der Waals surface area contributed by atoms with Crippen molar-refractivity contribution in [3.05, 3.63) is 59.7 Å². The predicted molar refractivity (Wildman–Crippen MR) is 110 cm³/mol. The van der Waals surface area contributed by atoms with E-state index in [0.717, 1.165) is 23.3 Å². The fourth-order valence-corrected chi connectivity index (χ4v) is 6.96. The molecule has 2 saturated carbocycles. The molecule has 1 saturated heterocycles. The Morgan fingerprint density at radius 1 is 1.00 bits per heavy atom. The largest absolute Gasteiger partial charge is 0.478 e. The number of imide groups is 1. The molecule has 3 fully saturated rings. The van der Waals surface area contributed by atoms with Crippen LogP contribution in [0.4, 0.5) is 5.69 Å². The number of carboxylic acids is 1. The van der Waals surface area contributed by atoms with Gasteiger partial charge in [-0.3, -0.25) is 14.5 Å². The highest BCUT2D eigenvalue weighted by Crippen LogP contribution is 2.60. The van der Waals surface area contributed by atoms with E-state index in [0.29, 0.717) is 11.3 Å². The van der Waals surface area contributed by atoms with E-state index >= 15 is 0 Å². The monoisotopic (exact) mass is 407 g/mol. The molecule has 1 heterocycles. The summed E-state index contributed by atoms with van der Waals surface area (Å²) in [5.41, 5.74) is 2.04. The molecule has 2 bridgehead atoms. The number of thioether (sulfide) groups is 1. The molecule has 148 valence electrons. The first-order chi connectivity index (χ1) is 14.0. The Morgan fingerprint density at radius 3 is 2.41 bits per heavy atom. The van der Waals surface area contributed by atoms with Gasteiger partial charge in [0, 0.05) is 10.1 Å². The number of carbonyl (C=O) groups excluding carboxylic acids is 2. The number of anilines is 1. The van der Waals surface area contributed by atoms with Gasteiger partial charge in [0.1, 0.15) is 0 Å². The number of carbonyl (C=O) groups is 3. The van der Waals surface area contributed by atoms with Crippen LogP contribution in [0.25, 0.3) is 0 Å². The maximum absolute atomic E-state index is 13.2. The van der Waals surface area contributed by atoms with E-state index in [1.807, 2.05) is 43.3 Å². The third-order valence-corrected chi connectivity index (χ3v) is 8.10. The zero-order chi connectivity index (χ0) is 20.3. The molecule has 0 radical (unpaired) electrons. The van der Waals surface area contributed by atoms with Crippen LogP contribution in [0, 0.1) is 30.6 Å². The third-order valence-electron chi connectivity index (χ3n) is 6.64. The molecule has 29 heavy (non-hydrogen) atoms. The van der Waals surface area contributed by atoms with Gasteiger partial charge in [0.05, 0.1) is 23.1 Å². The summed E-state index contributed by atoms with van der Waals surface area (Å²) in [6.07, 6.45) is 1.73. The van der Waals surface area contributed by atoms with E-state index in [4.69, 9.17) is 0 Å². The Hall–Kier alpha value is -2.60. The van der Waals surface area contributed by atoms with Gasteiger partial charge in [-0.15, -0.1) is 11.8 Å². The quantitative estimate of drug-likeness (QED) is 0.776. The first kappa shape index (κ1) is 18.4. The molecule has 2 amide bonds. The highest BCUT2D eigenvalue weighted by molar-refractivity contribution is 8.00. The van der Waals surface area contributed by atoms with E-state index in [-0.39, 0.29) is 40.7 Å². The molecular formula is C23H21NO4S. The number of hydrogen-bond donors (Lipinski definition) is 1. The number of amides is 2. The lowest BCUT2D eigenvalue weighted by molar-refractivity contribution is -0.123. The number of rotatable bonds is 4. The number of benzene rings is 2. The smallest absolute Gasteiger partial charge is 0.336 e. The van der Waals surface area contributed by atoms with Gasteiger partial charge >= 0.3 is 5.97 Å². The Labute approximate surface area is 173 Å². The van der Waals surface area contributed by atoms with Crippen LogP contribution < -0.4 is 4.90 Å². The van der Waals surface area contributed by atoms with Crippen molar-refractivity contribution in [3.8, 4) is 0 Å². The summed E-state index contributed by atoms with van der Waals surface area (Å²) in [6, 6.07) is 14.5. The standard InChI is InChI=1S/C23H21NO4S/c1-12-6-8-14(9-7-12)24-21(25)19-13-10-16(20(19)22(24)26)18(11-13)29-17-5-3-2-4-15(17)23(27)28/h2-9,13,16,18-20H,10-11H2,1H3,(H,27,28)/t13-,16-,18-,19+,20+/m1/s1. The number of nitrogens with zero attached hydrogens (tertiary/aromatic N) is 1. The average Bonchev–Trinajstić information content (AvgIpc) is 3.34. The molecule has 5 rings (SSSR count). The minimum absolute atomic E-state index is 0.0641. The zero-order valence-corrected chi connectivity index (χ0v) is 16.8. The van der Waals surface area contributed by atoms with Crippen molar-refractivity contribution in [2.24, 2.45) is 23.7 Å². The molecule has 1 aliphatic heterocycles. The lowest BCUT2D eigenvalue weighted by atomic mass is 9.81. The van der Waals surface area contributed by atoms with Crippen LogP contribution in [0.2, 0.25) is 0 Å². The molecule has 0 spiro atoms. The van der Waals surface area contributed by atoms with Crippen molar-refractivity contribution in [2.75, 3.05) is 4.90 Å². The second kappa shape index (κ2) is 6.73. The van der Waals surface area contributed by atoms with E-state index in [1.54, 1.807) is 23.9 Å². The summed E-state index contributed by atoms with van der Waals surface area (Å²) in [6.45, 7) is 1.98. The molecule has 0 unspecified atom stereocenters. The van der Waals surface area contributed by atoms with Crippen LogP contribution in [-0.2, 0) is 9.59 Å². The molecule has 2 aromatic rings. The molecule has 1 N–H and O–H groups in total. The number of carboxylic acid groups (broad SMARTS) is 1. The molecule has 3 aliphatic rings. The van der Waals surface area contributed by atoms with Crippen LogP contribution in [0.15, 0.2) is 53.4 Å². The predicted octanol–water partition coefficient (Wildman–Crippen LogP) is 4.00.